The molecular weight excluding hydrogens is 479 g/mol. The monoisotopic (exact) mass is 502 g/mol. The van der Waals surface area contributed by atoms with Crippen LogP contribution in [0.2, 0.25) is 10.0 Å². The van der Waals surface area contributed by atoms with Gasteiger partial charge in [0.2, 0.25) is 0 Å². The van der Waals surface area contributed by atoms with Crippen LogP contribution in [0.1, 0.15) is 18.4 Å². The number of piperidine rings is 1. The second kappa shape index (κ2) is 10.3. The lowest BCUT2D eigenvalue weighted by molar-refractivity contribution is -0.125. The molecule has 2 heterocycles. The van der Waals surface area contributed by atoms with Crippen LogP contribution in [-0.4, -0.2) is 47.6 Å². The van der Waals surface area contributed by atoms with Gasteiger partial charge in [-0.25, -0.2) is 15.3 Å². The van der Waals surface area contributed by atoms with Crippen LogP contribution in [0.4, 0.5) is 10.5 Å². The number of hydroxylamine groups is 1. The van der Waals surface area contributed by atoms with Crippen LogP contribution >= 0.6 is 23.2 Å². The van der Waals surface area contributed by atoms with E-state index < -0.39 is 11.4 Å². The largest absolute Gasteiger partial charge is 0.346 e. The molecule has 0 unspecified atom stereocenters. The summed E-state index contributed by atoms with van der Waals surface area (Å²) < 4.78 is 0. The molecule has 0 radical (unpaired) electrons. The highest BCUT2D eigenvalue weighted by atomic mass is 35.5. The maximum atomic E-state index is 12.8. The molecule has 0 aliphatic carbocycles. The van der Waals surface area contributed by atoms with E-state index in [-0.39, 0.29) is 12.6 Å². The van der Waals surface area contributed by atoms with Gasteiger partial charge in [-0.05, 0) is 36.6 Å². The van der Waals surface area contributed by atoms with Crippen molar-refractivity contribution in [1.29, 1.82) is 0 Å². The third-order valence-corrected chi connectivity index (χ3v) is 6.68. The number of aliphatic imine (C=N–C) groups is 1. The van der Waals surface area contributed by atoms with E-state index in [0.29, 0.717) is 53.2 Å². The number of hydrogen-bond acceptors (Lipinski definition) is 6. The number of nitrogens with zero attached hydrogens (tertiary/aromatic N) is 2. The molecule has 3 amide bonds. The van der Waals surface area contributed by atoms with Crippen LogP contribution in [0.3, 0.4) is 0 Å². The zero-order chi connectivity index (χ0) is 24.1. The smallest absolute Gasteiger partial charge is 0.321 e. The Bertz CT molecular complexity index is 1130. The van der Waals surface area contributed by atoms with Gasteiger partial charge in [0, 0.05) is 25.0 Å². The van der Waals surface area contributed by atoms with Crippen LogP contribution in [0.5, 0.6) is 0 Å². The Morgan fingerprint density at radius 1 is 1.06 bits per heavy atom. The van der Waals surface area contributed by atoms with Gasteiger partial charge in [0.1, 0.15) is 0 Å². The summed E-state index contributed by atoms with van der Waals surface area (Å²) in [7, 11) is 0. The minimum Gasteiger partial charge on any atom is -0.346 e. The van der Waals surface area contributed by atoms with Crippen molar-refractivity contribution in [2.24, 2.45) is 4.99 Å². The molecule has 1 saturated heterocycles. The maximum absolute atomic E-state index is 12.8. The van der Waals surface area contributed by atoms with Gasteiger partial charge < -0.3 is 20.9 Å². The lowest BCUT2D eigenvalue weighted by Crippen LogP contribution is -2.57. The first-order valence-corrected chi connectivity index (χ1v) is 11.4. The molecule has 9 nitrogen and oxygen atoms in total. The summed E-state index contributed by atoms with van der Waals surface area (Å²) in [4.78, 5) is 30.6. The number of halogens is 2. The lowest BCUT2D eigenvalue weighted by Gasteiger charge is -2.43. The summed E-state index contributed by atoms with van der Waals surface area (Å²) in [6, 6.07) is 14.7. The molecule has 4 rings (SSSR count). The molecule has 0 bridgehead atoms. The summed E-state index contributed by atoms with van der Waals surface area (Å²) in [5.41, 5.74) is 3.12. The highest BCUT2D eigenvalue weighted by Crippen LogP contribution is 2.33. The zero-order valence-corrected chi connectivity index (χ0v) is 19.7. The average molecular weight is 503 g/mol. The van der Waals surface area contributed by atoms with E-state index in [1.54, 1.807) is 28.6 Å². The number of guanidine groups is 1. The van der Waals surface area contributed by atoms with E-state index in [4.69, 9.17) is 28.4 Å². The maximum Gasteiger partial charge on any atom is 0.321 e. The number of nitrogens with one attached hydrogen (secondary N) is 4. The Kier molecular flexibility index (Phi) is 7.26. The fraction of sp³-hybridized carbons (Fsp3) is 0.261. The second-order valence-corrected chi connectivity index (χ2v) is 8.85. The van der Waals surface area contributed by atoms with Gasteiger partial charge in [-0.15, -0.1) is 0 Å². The molecule has 5 N–H and O–H groups in total. The van der Waals surface area contributed by atoms with Crippen LogP contribution < -0.4 is 21.4 Å². The third kappa shape index (κ3) is 5.27. The van der Waals surface area contributed by atoms with Gasteiger partial charge in [0.05, 0.1) is 27.7 Å². The van der Waals surface area contributed by atoms with E-state index in [2.05, 4.69) is 20.9 Å². The summed E-state index contributed by atoms with van der Waals surface area (Å²) in [6.07, 6.45) is 2.79. The van der Waals surface area contributed by atoms with Gasteiger partial charge in [-0.3, -0.25) is 10.0 Å². The van der Waals surface area contributed by atoms with Gasteiger partial charge in [-0.1, -0.05) is 53.5 Å². The van der Waals surface area contributed by atoms with Crippen molar-refractivity contribution in [3.63, 3.8) is 0 Å². The third-order valence-electron chi connectivity index (χ3n) is 5.94. The molecule has 0 spiro atoms. The second-order valence-electron chi connectivity index (χ2n) is 8.04. The number of carbonyl (C=O) groups is 2. The first-order valence-electron chi connectivity index (χ1n) is 10.7. The first-order chi connectivity index (χ1) is 16.4. The van der Waals surface area contributed by atoms with Crippen LogP contribution in [0.15, 0.2) is 65.3 Å². The fourth-order valence-corrected chi connectivity index (χ4v) is 4.33. The highest BCUT2D eigenvalue weighted by Gasteiger charge is 2.38. The van der Waals surface area contributed by atoms with Crippen molar-refractivity contribution >= 4 is 46.8 Å². The quantitative estimate of drug-likeness (QED) is 0.324. The van der Waals surface area contributed by atoms with Crippen molar-refractivity contribution in [3.05, 3.63) is 75.9 Å². The number of urea groups is 1. The number of benzene rings is 2. The van der Waals surface area contributed by atoms with Crippen molar-refractivity contribution in [3.8, 4) is 0 Å². The van der Waals surface area contributed by atoms with Crippen LogP contribution in [0, 0.1) is 0 Å². The molecule has 2 aliphatic heterocycles. The number of hydrogen-bond donors (Lipinski definition) is 5. The Morgan fingerprint density at radius 3 is 2.41 bits per heavy atom. The predicted octanol–water partition coefficient (Wildman–Crippen LogP) is 3.45. The number of anilines is 1. The minimum absolute atomic E-state index is 0.130. The molecule has 34 heavy (non-hydrogen) atoms. The van der Waals surface area contributed by atoms with E-state index in [0.717, 1.165) is 5.56 Å². The Morgan fingerprint density at radius 2 is 1.79 bits per heavy atom. The van der Waals surface area contributed by atoms with Crippen LogP contribution in [-0.2, 0) is 10.3 Å². The summed E-state index contributed by atoms with van der Waals surface area (Å²) in [6.45, 7) is 1.15. The summed E-state index contributed by atoms with van der Waals surface area (Å²) in [5, 5.41) is 19.0. The molecule has 11 heteroatoms. The van der Waals surface area contributed by atoms with Crippen molar-refractivity contribution < 1.29 is 14.8 Å². The Hall–Kier alpha value is -3.27. The molecule has 0 atom stereocenters. The Balaban J connectivity index is 1.45. The molecule has 0 aromatic heterocycles. The predicted molar refractivity (Wildman–Crippen MR) is 131 cm³/mol. The summed E-state index contributed by atoms with van der Waals surface area (Å²) in [5.74, 6) is -0.0820. The molecule has 1 fully saturated rings. The molecule has 2 aromatic carbocycles. The van der Waals surface area contributed by atoms with E-state index >= 15 is 0 Å². The summed E-state index contributed by atoms with van der Waals surface area (Å²) >= 11 is 12.0. The topological polar surface area (TPSA) is 118 Å². The standard InChI is InChI=1S/C23H24Cl2N6O3/c24-18-7-6-17(12-19(18)25)28-22(33)31-10-8-23(9-11-31,16-4-2-1-3-5-16)29-21-26-13-15(14-27-21)20(32)30-34/h1-7,12-13,34H,8-11,14H2,(H,28,33)(H,30,32)(H2,26,27,29). The van der Waals surface area contributed by atoms with Gasteiger partial charge >= 0.3 is 6.03 Å². The zero-order valence-electron chi connectivity index (χ0n) is 18.1. The SMILES string of the molecule is O=C(NO)C1=CNC(NC2(c3ccccc3)CCN(C(=O)Nc3ccc(Cl)c(Cl)c3)CC2)=NC1. The number of rotatable bonds is 4. The normalized spacial score (nSPS) is 17.1. The van der Waals surface area contributed by atoms with Crippen molar-refractivity contribution in [1.82, 2.24) is 21.0 Å². The molecular formula is C23H24Cl2N6O3. The van der Waals surface area contributed by atoms with Crippen LogP contribution in [0.25, 0.3) is 0 Å². The lowest BCUT2D eigenvalue weighted by atomic mass is 9.81. The van der Waals surface area contributed by atoms with Crippen molar-refractivity contribution in [2.75, 3.05) is 25.0 Å². The number of likely N-dealkylation sites (tertiary alicyclic amines) is 1. The average Bonchev–Trinajstić information content (AvgIpc) is 2.87. The Labute approximate surface area is 206 Å². The van der Waals surface area contributed by atoms with Gasteiger partial charge in [-0.2, -0.15) is 0 Å². The highest BCUT2D eigenvalue weighted by molar-refractivity contribution is 6.42. The first kappa shape index (κ1) is 23.9. The fourth-order valence-electron chi connectivity index (χ4n) is 4.03. The minimum atomic E-state index is -0.602. The van der Waals surface area contributed by atoms with Crippen molar-refractivity contribution in [2.45, 2.75) is 18.4 Å². The molecule has 178 valence electrons. The number of amides is 3. The number of carbonyl (C=O) groups excluding carboxylic acids is 2. The molecule has 2 aromatic rings. The van der Waals surface area contributed by atoms with Gasteiger partial charge in [0.25, 0.3) is 5.91 Å². The van der Waals surface area contributed by atoms with E-state index in [1.165, 1.54) is 6.20 Å². The molecule has 2 aliphatic rings. The van der Waals surface area contributed by atoms with E-state index in [9.17, 15) is 9.59 Å². The molecule has 0 saturated carbocycles. The van der Waals surface area contributed by atoms with Gasteiger partial charge in [0.15, 0.2) is 5.96 Å². The van der Waals surface area contributed by atoms with E-state index in [1.807, 2.05) is 30.3 Å².